The number of hydrogen-bond donors (Lipinski definition) is 0. The Labute approximate surface area is 123 Å². The molecule has 2 aromatic rings. The second-order valence-electron chi connectivity index (χ2n) is 4.81. The van der Waals surface area contributed by atoms with Gasteiger partial charge in [0, 0.05) is 29.7 Å². The molecular formula is C16H16ClNO2. The molecule has 0 N–H and O–H groups in total. The van der Waals surface area contributed by atoms with Gasteiger partial charge < -0.3 is 9.36 Å². The molecule has 4 heteroatoms. The first-order valence-corrected chi connectivity index (χ1v) is 6.81. The monoisotopic (exact) mass is 289 g/mol. The Hall–Kier alpha value is -1.87. The van der Waals surface area contributed by atoms with Gasteiger partial charge in [-0.05, 0) is 49.7 Å². The van der Waals surface area contributed by atoms with E-state index in [9.17, 15) is 9.59 Å². The summed E-state index contributed by atoms with van der Waals surface area (Å²) < 4.78 is 1.85. The third kappa shape index (κ3) is 3.17. The normalized spacial score (nSPS) is 10.6. The van der Waals surface area contributed by atoms with Crippen molar-refractivity contribution in [1.82, 2.24) is 4.57 Å². The van der Waals surface area contributed by atoms with Crippen LogP contribution in [0.4, 0.5) is 0 Å². The van der Waals surface area contributed by atoms with E-state index in [1.807, 2.05) is 17.7 Å². The maximum Gasteiger partial charge on any atom is 0.209 e. The zero-order valence-corrected chi connectivity index (χ0v) is 12.3. The molecule has 0 fully saturated rings. The summed E-state index contributed by atoms with van der Waals surface area (Å²) in [6.07, 6.45) is 1.14. The standard InChI is InChI=1S/C16H16ClNO2/c1-11(19)3-8-14-9-10-15(18(14)2)16(20)12-4-6-13(17)7-5-12/h4-7,9-10H,3,8H2,1-2H3. The van der Waals surface area contributed by atoms with E-state index in [0.717, 1.165) is 5.69 Å². The number of aryl methyl sites for hydroxylation is 1. The van der Waals surface area contributed by atoms with Crippen molar-refractivity contribution >= 4 is 23.2 Å². The van der Waals surface area contributed by atoms with Crippen molar-refractivity contribution in [2.45, 2.75) is 19.8 Å². The van der Waals surface area contributed by atoms with Gasteiger partial charge in [-0.3, -0.25) is 4.79 Å². The van der Waals surface area contributed by atoms with Crippen molar-refractivity contribution in [1.29, 1.82) is 0 Å². The molecule has 0 unspecified atom stereocenters. The summed E-state index contributed by atoms with van der Waals surface area (Å²) >= 11 is 5.82. The van der Waals surface area contributed by atoms with Crippen molar-refractivity contribution in [2.24, 2.45) is 7.05 Å². The summed E-state index contributed by atoms with van der Waals surface area (Å²) in [5.74, 6) is 0.106. The molecule has 0 radical (unpaired) electrons. The summed E-state index contributed by atoms with van der Waals surface area (Å²) in [5, 5.41) is 0.607. The number of rotatable bonds is 5. The molecule has 3 nitrogen and oxygen atoms in total. The highest BCUT2D eigenvalue weighted by Crippen LogP contribution is 2.16. The van der Waals surface area contributed by atoms with E-state index in [4.69, 9.17) is 11.6 Å². The Bertz CT molecular complexity index is 641. The Morgan fingerprint density at radius 1 is 1.10 bits per heavy atom. The number of hydrogen-bond acceptors (Lipinski definition) is 2. The zero-order valence-electron chi connectivity index (χ0n) is 11.5. The third-order valence-electron chi connectivity index (χ3n) is 3.30. The van der Waals surface area contributed by atoms with Gasteiger partial charge in [0.15, 0.2) is 0 Å². The van der Waals surface area contributed by atoms with E-state index in [1.54, 1.807) is 37.3 Å². The van der Waals surface area contributed by atoms with Crippen LogP contribution in [0.1, 0.15) is 35.1 Å². The van der Waals surface area contributed by atoms with Crippen LogP contribution in [0.3, 0.4) is 0 Å². The first-order chi connectivity index (χ1) is 9.49. The van der Waals surface area contributed by atoms with Crippen LogP contribution >= 0.6 is 11.6 Å². The molecule has 1 aromatic heterocycles. The molecule has 0 aliphatic carbocycles. The summed E-state index contributed by atoms with van der Waals surface area (Å²) in [6, 6.07) is 10.5. The number of halogens is 1. The van der Waals surface area contributed by atoms with Crippen molar-refractivity contribution < 1.29 is 9.59 Å². The lowest BCUT2D eigenvalue weighted by Crippen LogP contribution is -2.09. The highest BCUT2D eigenvalue weighted by atomic mass is 35.5. The highest BCUT2D eigenvalue weighted by Gasteiger charge is 2.14. The van der Waals surface area contributed by atoms with E-state index in [-0.39, 0.29) is 11.6 Å². The lowest BCUT2D eigenvalue weighted by molar-refractivity contribution is -0.117. The molecule has 0 atom stereocenters. The second-order valence-corrected chi connectivity index (χ2v) is 5.24. The summed E-state index contributed by atoms with van der Waals surface area (Å²) in [7, 11) is 1.85. The Morgan fingerprint density at radius 2 is 1.75 bits per heavy atom. The third-order valence-corrected chi connectivity index (χ3v) is 3.55. The lowest BCUT2D eigenvalue weighted by Gasteiger charge is -2.07. The van der Waals surface area contributed by atoms with Crippen LogP contribution in [-0.4, -0.2) is 16.1 Å². The highest BCUT2D eigenvalue weighted by molar-refractivity contribution is 6.30. The van der Waals surface area contributed by atoms with Crippen LogP contribution in [0.25, 0.3) is 0 Å². The predicted molar refractivity (Wildman–Crippen MR) is 79.3 cm³/mol. The smallest absolute Gasteiger partial charge is 0.209 e. The molecule has 20 heavy (non-hydrogen) atoms. The fourth-order valence-corrected chi connectivity index (χ4v) is 2.21. The molecule has 0 saturated carbocycles. The minimum Gasteiger partial charge on any atom is -0.345 e. The average Bonchev–Trinajstić information content (AvgIpc) is 2.78. The van der Waals surface area contributed by atoms with E-state index in [0.29, 0.717) is 29.1 Å². The topological polar surface area (TPSA) is 39.1 Å². The van der Waals surface area contributed by atoms with Crippen LogP contribution in [0.5, 0.6) is 0 Å². The zero-order chi connectivity index (χ0) is 14.7. The number of carbonyl (C=O) groups is 2. The van der Waals surface area contributed by atoms with E-state index in [2.05, 4.69) is 0 Å². The lowest BCUT2D eigenvalue weighted by atomic mass is 10.1. The predicted octanol–water partition coefficient (Wildman–Crippen LogP) is 3.43. The molecular weight excluding hydrogens is 274 g/mol. The van der Waals surface area contributed by atoms with Crippen LogP contribution < -0.4 is 0 Å². The largest absolute Gasteiger partial charge is 0.345 e. The molecule has 1 aromatic carbocycles. The van der Waals surface area contributed by atoms with Crippen LogP contribution in [0.2, 0.25) is 5.02 Å². The Balaban J connectivity index is 2.22. The minimum absolute atomic E-state index is 0.0433. The van der Waals surface area contributed by atoms with Gasteiger partial charge in [0.2, 0.25) is 5.78 Å². The van der Waals surface area contributed by atoms with E-state index in [1.165, 1.54) is 0 Å². The molecule has 0 spiro atoms. The maximum atomic E-state index is 12.4. The van der Waals surface area contributed by atoms with Crippen molar-refractivity contribution in [3.8, 4) is 0 Å². The summed E-state index contributed by atoms with van der Waals surface area (Å²) in [6.45, 7) is 1.57. The van der Waals surface area contributed by atoms with Gasteiger partial charge >= 0.3 is 0 Å². The quantitative estimate of drug-likeness (QED) is 0.791. The number of nitrogens with zero attached hydrogens (tertiary/aromatic N) is 1. The first kappa shape index (κ1) is 14.5. The molecule has 0 aliphatic rings. The van der Waals surface area contributed by atoms with Crippen LogP contribution in [-0.2, 0) is 18.3 Å². The molecule has 104 valence electrons. The number of benzene rings is 1. The number of carbonyl (C=O) groups excluding carboxylic acids is 2. The molecule has 1 heterocycles. The number of aromatic nitrogens is 1. The number of ketones is 2. The van der Waals surface area contributed by atoms with Gasteiger partial charge in [-0.15, -0.1) is 0 Å². The van der Waals surface area contributed by atoms with E-state index < -0.39 is 0 Å². The maximum absolute atomic E-state index is 12.4. The fourth-order valence-electron chi connectivity index (χ4n) is 2.09. The van der Waals surface area contributed by atoms with Crippen LogP contribution in [0.15, 0.2) is 36.4 Å². The average molecular weight is 290 g/mol. The molecule has 0 saturated heterocycles. The Morgan fingerprint density at radius 3 is 2.35 bits per heavy atom. The van der Waals surface area contributed by atoms with Crippen molar-refractivity contribution in [2.75, 3.05) is 0 Å². The molecule has 0 aliphatic heterocycles. The van der Waals surface area contributed by atoms with Crippen LogP contribution in [0, 0.1) is 0 Å². The molecule has 2 rings (SSSR count). The molecule has 0 bridgehead atoms. The Kier molecular flexibility index (Phi) is 4.40. The van der Waals surface area contributed by atoms with Gasteiger partial charge in [-0.25, -0.2) is 0 Å². The van der Waals surface area contributed by atoms with Gasteiger partial charge in [0.1, 0.15) is 5.78 Å². The van der Waals surface area contributed by atoms with Gasteiger partial charge in [0.05, 0.1) is 5.69 Å². The van der Waals surface area contributed by atoms with Crippen molar-refractivity contribution in [3.05, 3.63) is 58.4 Å². The van der Waals surface area contributed by atoms with Gasteiger partial charge in [-0.2, -0.15) is 0 Å². The SMILES string of the molecule is CC(=O)CCc1ccc(C(=O)c2ccc(Cl)cc2)n1C. The summed E-state index contributed by atoms with van der Waals surface area (Å²) in [5.41, 5.74) is 2.21. The molecule has 0 amide bonds. The minimum atomic E-state index is -0.0433. The second kappa shape index (κ2) is 6.06. The van der Waals surface area contributed by atoms with Crippen molar-refractivity contribution in [3.63, 3.8) is 0 Å². The first-order valence-electron chi connectivity index (χ1n) is 6.43. The number of Topliss-reactive ketones (excluding diaryl/α,β-unsaturated/α-hetero) is 1. The van der Waals surface area contributed by atoms with Gasteiger partial charge in [-0.1, -0.05) is 11.6 Å². The summed E-state index contributed by atoms with van der Waals surface area (Å²) in [4.78, 5) is 23.4. The fraction of sp³-hybridized carbons (Fsp3) is 0.250. The van der Waals surface area contributed by atoms with E-state index >= 15 is 0 Å². The van der Waals surface area contributed by atoms with Gasteiger partial charge in [0.25, 0.3) is 0 Å².